The molecule has 0 aromatic carbocycles. The van der Waals surface area contributed by atoms with E-state index in [0.717, 1.165) is 26.4 Å². The summed E-state index contributed by atoms with van der Waals surface area (Å²) in [5.41, 5.74) is 0.145. The number of hydrogen-bond acceptors (Lipinski definition) is 3. The van der Waals surface area contributed by atoms with Gasteiger partial charge in [-0.05, 0) is 40.2 Å². The van der Waals surface area contributed by atoms with E-state index in [9.17, 15) is 0 Å². The van der Waals surface area contributed by atoms with Crippen molar-refractivity contribution in [2.24, 2.45) is 0 Å². The van der Waals surface area contributed by atoms with Crippen molar-refractivity contribution in [2.45, 2.75) is 44.8 Å². The predicted octanol–water partition coefficient (Wildman–Crippen LogP) is 1.67. The first-order chi connectivity index (χ1) is 7.02. The van der Waals surface area contributed by atoms with Crippen LogP contribution >= 0.6 is 0 Å². The fraction of sp³-hybridized carbons (Fsp3) is 1.00. The van der Waals surface area contributed by atoms with Gasteiger partial charge in [0.15, 0.2) is 0 Å². The molecule has 0 aromatic heterocycles. The van der Waals surface area contributed by atoms with Gasteiger partial charge in [0.2, 0.25) is 0 Å². The molecule has 2 heterocycles. The molecule has 2 aliphatic rings. The van der Waals surface area contributed by atoms with Crippen LogP contribution in [-0.4, -0.2) is 49.0 Å². The lowest BCUT2D eigenvalue weighted by atomic mass is 9.97. The summed E-state index contributed by atoms with van der Waals surface area (Å²) in [5, 5.41) is 0. The Morgan fingerprint density at radius 2 is 2.13 bits per heavy atom. The molecular formula is C12H23NO2. The monoisotopic (exact) mass is 213 g/mol. The molecule has 1 unspecified atom stereocenters. The van der Waals surface area contributed by atoms with E-state index in [0.29, 0.717) is 0 Å². The summed E-state index contributed by atoms with van der Waals surface area (Å²) < 4.78 is 11.6. The molecule has 0 N–H and O–H groups in total. The second-order valence-corrected chi connectivity index (χ2v) is 5.77. The van der Waals surface area contributed by atoms with E-state index < -0.39 is 0 Å². The summed E-state index contributed by atoms with van der Waals surface area (Å²) in [7, 11) is 0. The van der Waals surface area contributed by atoms with E-state index >= 15 is 0 Å². The third-order valence-corrected chi connectivity index (χ3v) is 3.39. The molecule has 0 spiro atoms. The van der Waals surface area contributed by atoms with Gasteiger partial charge in [0.25, 0.3) is 0 Å². The van der Waals surface area contributed by atoms with E-state index in [1.807, 2.05) is 0 Å². The standard InChI is InChI=1S/C12H23NO2/c1-11(2,3)15-10-12-5-4-6-13(12)7-8-14-9-12/h4-10H2,1-3H3. The molecule has 2 rings (SSSR count). The topological polar surface area (TPSA) is 21.7 Å². The van der Waals surface area contributed by atoms with Crippen LogP contribution in [0.3, 0.4) is 0 Å². The van der Waals surface area contributed by atoms with Crippen molar-refractivity contribution in [3.8, 4) is 0 Å². The summed E-state index contributed by atoms with van der Waals surface area (Å²) in [5.74, 6) is 0. The smallest absolute Gasteiger partial charge is 0.0680 e. The van der Waals surface area contributed by atoms with Crippen LogP contribution in [0.2, 0.25) is 0 Å². The maximum atomic E-state index is 5.95. The third-order valence-electron chi connectivity index (χ3n) is 3.39. The van der Waals surface area contributed by atoms with Crippen LogP contribution in [0.15, 0.2) is 0 Å². The molecule has 3 nitrogen and oxygen atoms in total. The minimum absolute atomic E-state index is 0.0412. The van der Waals surface area contributed by atoms with Gasteiger partial charge in [-0.25, -0.2) is 0 Å². The van der Waals surface area contributed by atoms with E-state index in [4.69, 9.17) is 9.47 Å². The maximum Gasteiger partial charge on any atom is 0.0680 e. The van der Waals surface area contributed by atoms with Crippen LogP contribution < -0.4 is 0 Å². The van der Waals surface area contributed by atoms with Gasteiger partial charge in [-0.15, -0.1) is 0 Å². The van der Waals surface area contributed by atoms with Crippen molar-refractivity contribution < 1.29 is 9.47 Å². The lowest BCUT2D eigenvalue weighted by molar-refractivity contribution is -0.116. The Kier molecular flexibility index (Phi) is 3.06. The van der Waals surface area contributed by atoms with Crippen LogP contribution in [0.25, 0.3) is 0 Å². The molecule has 2 aliphatic heterocycles. The SMILES string of the molecule is CC(C)(C)OCC12CCCN1CCOC2. The van der Waals surface area contributed by atoms with Crippen LogP contribution in [0, 0.1) is 0 Å². The Bertz CT molecular complexity index is 224. The summed E-state index contributed by atoms with van der Waals surface area (Å²) in [4.78, 5) is 2.56. The molecule has 0 bridgehead atoms. The molecule has 2 fully saturated rings. The zero-order chi connectivity index (χ0) is 10.9. The minimum Gasteiger partial charge on any atom is -0.378 e. The van der Waals surface area contributed by atoms with Gasteiger partial charge < -0.3 is 9.47 Å². The quantitative estimate of drug-likeness (QED) is 0.696. The number of hydrogen-bond donors (Lipinski definition) is 0. The molecule has 2 saturated heterocycles. The van der Waals surface area contributed by atoms with Crippen molar-refractivity contribution in [1.29, 1.82) is 0 Å². The van der Waals surface area contributed by atoms with Crippen LogP contribution in [-0.2, 0) is 9.47 Å². The van der Waals surface area contributed by atoms with Gasteiger partial charge in [0.1, 0.15) is 0 Å². The van der Waals surface area contributed by atoms with Gasteiger partial charge in [-0.3, -0.25) is 4.90 Å². The number of nitrogens with zero attached hydrogens (tertiary/aromatic N) is 1. The van der Waals surface area contributed by atoms with Gasteiger partial charge in [-0.2, -0.15) is 0 Å². The molecule has 0 saturated carbocycles. The first kappa shape index (κ1) is 11.4. The first-order valence-corrected chi connectivity index (χ1v) is 5.99. The predicted molar refractivity (Wildman–Crippen MR) is 60.1 cm³/mol. The highest BCUT2D eigenvalue weighted by molar-refractivity contribution is 4.98. The van der Waals surface area contributed by atoms with Gasteiger partial charge in [0, 0.05) is 6.54 Å². The molecule has 0 aromatic rings. The fourth-order valence-electron chi connectivity index (χ4n) is 2.50. The molecule has 88 valence electrons. The number of rotatable bonds is 2. The minimum atomic E-state index is -0.0412. The van der Waals surface area contributed by atoms with Gasteiger partial charge in [0.05, 0.1) is 31.0 Å². The number of fused-ring (bicyclic) bond motifs is 1. The van der Waals surface area contributed by atoms with Crippen molar-refractivity contribution >= 4 is 0 Å². The first-order valence-electron chi connectivity index (χ1n) is 5.99. The van der Waals surface area contributed by atoms with E-state index in [2.05, 4.69) is 25.7 Å². The summed E-state index contributed by atoms with van der Waals surface area (Å²) in [6.07, 6.45) is 2.51. The highest BCUT2D eigenvalue weighted by atomic mass is 16.5. The van der Waals surface area contributed by atoms with Crippen molar-refractivity contribution in [3.63, 3.8) is 0 Å². The van der Waals surface area contributed by atoms with E-state index in [1.165, 1.54) is 19.4 Å². The average Bonchev–Trinajstić information content (AvgIpc) is 2.57. The summed E-state index contributed by atoms with van der Waals surface area (Å²) in [6.45, 7) is 11.2. The average molecular weight is 213 g/mol. The molecule has 1 atom stereocenters. The lowest BCUT2D eigenvalue weighted by Gasteiger charge is -2.43. The van der Waals surface area contributed by atoms with Crippen molar-refractivity contribution in [3.05, 3.63) is 0 Å². The Hall–Kier alpha value is -0.120. The third kappa shape index (κ3) is 2.52. The van der Waals surface area contributed by atoms with Gasteiger partial charge >= 0.3 is 0 Å². The lowest BCUT2D eigenvalue weighted by Crippen LogP contribution is -2.56. The molecule has 3 heteroatoms. The summed E-state index contributed by atoms with van der Waals surface area (Å²) >= 11 is 0. The Labute approximate surface area is 92.7 Å². The Morgan fingerprint density at radius 3 is 2.87 bits per heavy atom. The molecule has 15 heavy (non-hydrogen) atoms. The second kappa shape index (κ2) is 4.04. The number of morpholine rings is 1. The van der Waals surface area contributed by atoms with Crippen molar-refractivity contribution in [1.82, 2.24) is 4.90 Å². The second-order valence-electron chi connectivity index (χ2n) is 5.77. The van der Waals surface area contributed by atoms with Gasteiger partial charge in [-0.1, -0.05) is 0 Å². The Morgan fingerprint density at radius 1 is 1.33 bits per heavy atom. The van der Waals surface area contributed by atoms with Crippen LogP contribution in [0.5, 0.6) is 0 Å². The molecule has 0 aliphatic carbocycles. The normalized spacial score (nSPS) is 33.0. The van der Waals surface area contributed by atoms with Crippen LogP contribution in [0.1, 0.15) is 33.6 Å². The fourth-order valence-corrected chi connectivity index (χ4v) is 2.50. The summed E-state index contributed by atoms with van der Waals surface area (Å²) in [6, 6.07) is 0. The zero-order valence-corrected chi connectivity index (χ0v) is 10.2. The molecule has 0 amide bonds. The van der Waals surface area contributed by atoms with Crippen LogP contribution in [0.4, 0.5) is 0 Å². The molecular weight excluding hydrogens is 190 g/mol. The van der Waals surface area contributed by atoms with E-state index in [-0.39, 0.29) is 11.1 Å². The van der Waals surface area contributed by atoms with E-state index in [1.54, 1.807) is 0 Å². The van der Waals surface area contributed by atoms with Crippen molar-refractivity contribution in [2.75, 3.05) is 32.9 Å². The largest absolute Gasteiger partial charge is 0.378 e. The Balaban J connectivity index is 1.97. The highest BCUT2D eigenvalue weighted by Crippen LogP contribution is 2.33. The maximum absolute atomic E-state index is 5.95. The highest BCUT2D eigenvalue weighted by Gasteiger charge is 2.44. The zero-order valence-electron chi connectivity index (χ0n) is 10.2. The number of ether oxygens (including phenoxy) is 2. The molecule has 0 radical (unpaired) electrons.